The fourth-order valence-electron chi connectivity index (χ4n) is 2.79. The molecule has 6 nitrogen and oxygen atoms in total. The Morgan fingerprint density at radius 1 is 1.32 bits per heavy atom. The fourth-order valence-corrected chi connectivity index (χ4v) is 3.75. The Labute approximate surface area is 189 Å². The van der Waals surface area contributed by atoms with Gasteiger partial charge < -0.3 is 10.1 Å². The zero-order valence-corrected chi connectivity index (χ0v) is 18.7. The smallest absolute Gasteiger partial charge is 0.234 e. The van der Waals surface area contributed by atoms with Crippen LogP contribution >= 0.6 is 23.4 Å². The number of hydrogen-bond acceptors (Lipinski definition) is 5. The molecule has 0 aliphatic heterocycles. The number of carbonyl (C=O) groups is 1. The molecular formula is C22H22ClFN4O2S. The van der Waals surface area contributed by atoms with Crippen LogP contribution in [0.5, 0.6) is 5.75 Å². The van der Waals surface area contributed by atoms with Crippen molar-refractivity contribution in [3.63, 3.8) is 0 Å². The second-order valence-corrected chi connectivity index (χ2v) is 8.13. The van der Waals surface area contributed by atoms with Crippen LogP contribution in [0.2, 0.25) is 5.02 Å². The van der Waals surface area contributed by atoms with Crippen molar-refractivity contribution in [1.82, 2.24) is 14.8 Å². The third-order valence-corrected chi connectivity index (χ3v) is 5.55. The molecule has 0 aliphatic rings. The number of benzene rings is 2. The van der Waals surface area contributed by atoms with Gasteiger partial charge in [0.1, 0.15) is 11.6 Å². The monoisotopic (exact) mass is 460 g/mol. The Hall–Kier alpha value is -2.84. The van der Waals surface area contributed by atoms with Crippen molar-refractivity contribution in [2.75, 3.05) is 11.1 Å². The van der Waals surface area contributed by atoms with Gasteiger partial charge in [-0.2, -0.15) is 0 Å². The molecule has 0 spiro atoms. The molecule has 0 fully saturated rings. The number of aryl methyl sites for hydroxylation is 1. The van der Waals surface area contributed by atoms with Crippen LogP contribution < -0.4 is 10.1 Å². The summed E-state index contributed by atoms with van der Waals surface area (Å²) in [6.07, 6.45) is 1.20. The van der Waals surface area contributed by atoms with Crippen LogP contribution in [0.25, 0.3) is 0 Å². The lowest BCUT2D eigenvalue weighted by atomic mass is 10.2. The SMILES string of the molecule is C=CCn1c(SCC(=O)Nc2ccc(C)cc2)nnc1C(C)Oc1ccc(F)cc1Cl. The maximum atomic E-state index is 13.3. The predicted molar refractivity (Wildman–Crippen MR) is 121 cm³/mol. The van der Waals surface area contributed by atoms with Crippen LogP contribution in [0.4, 0.5) is 10.1 Å². The maximum absolute atomic E-state index is 13.3. The van der Waals surface area contributed by atoms with E-state index in [2.05, 4.69) is 22.1 Å². The lowest BCUT2D eigenvalue weighted by Crippen LogP contribution is -2.15. The van der Waals surface area contributed by atoms with Crippen molar-refractivity contribution in [3.8, 4) is 5.75 Å². The van der Waals surface area contributed by atoms with E-state index in [9.17, 15) is 9.18 Å². The van der Waals surface area contributed by atoms with Crippen LogP contribution in [0, 0.1) is 12.7 Å². The van der Waals surface area contributed by atoms with Gasteiger partial charge in [0.2, 0.25) is 5.91 Å². The van der Waals surface area contributed by atoms with E-state index in [1.54, 1.807) is 13.0 Å². The number of ether oxygens (including phenoxy) is 1. The molecule has 1 atom stereocenters. The molecule has 31 heavy (non-hydrogen) atoms. The summed E-state index contributed by atoms with van der Waals surface area (Å²) in [5.74, 6) is 0.466. The molecule has 0 bridgehead atoms. The normalized spacial score (nSPS) is 11.7. The molecule has 2 aromatic carbocycles. The first-order chi connectivity index (χ1) is 14.9. The van der Waals surface area contributed by atoms with Crippen molar-refractivity contribution < 1.29 is 13.9 Å². The molecular weight excluding hydrogens is 439 g/mol. The van der Waals surface area contributed by atoms with E-state index in [-0.39, 0.29) is 16.7 Å². The number of thioether (sulfide) groups is 1. The van der Waals surface area contributed by atoms with E-state index in [4.69, 9.17) is 16.3 Å². The van der Waals surface area contributed by atoms with Gasteiger partial charge in [-0.3, -0.25) is 9.36 Å². The second-order valence-electron chi connectivity index (χ2n) is 6.78. The van der Waals surface area contributed by atoms with Gasteiger partial charge in [-0.05, 0) is 44.2 Å². The van der Waals surface area contributed by atoms with E-state index in [1.165, 1.54) is 30.0 Å². The highest BCUT2D eigenvalue weighted by molar-refractivity contribution is 7.99. The van der Waals surface area contributed by atoms with Gasteiger partial charge >= 0.3 is 0 Å². The van der Waals surface area contributed by atoms with E-state index in [0.717, 1.165) is 11.3 Å². The van der Waals surface area contributed by atoms with Crippen molar-refractivity contribution >= 4 is 35.0 Å². The number of rotatable bonds is 9. The highest BCUT2D eigenvalue weighted by atomic mass is 35.5. The van der Waals surface area contributed by atoms with Crippen LogP contribution in [0.3, 0.4) is 0 Å². The zero-order valence-electron chi connectivity index (χ0n) is 17.1. The highest BCUT2D eigenvalue weighted by Gasteiger charge is 2.20. The fraction of sp³-hybridized carbons (Fsp3) is 0.227. The van der Waals surface area contributed by atoms with Crippen molar-refractivity contribution in [2.24, 2.45) is 0 Å². The number of nitrogens with zero attached hydrogens (tertiary/aromatic N) is 3. The number of nitrogens with one attached hydrogen (secondary N) is 1. The van der Waals surface area contributed by atoms with Gasteiger partial charge in [0, 0.05) is 12.2 Å². The van der Waals surface area contributed by atoms with E-state index < -0.39 is 11.9 Å². The first-order valence-electron chi connectivity index (χ1n) is 9.52. The molecule has 162 valence electrons. The van der Waals surface area contributed by atoms with Gasteiger partial charge in [0.05, 0.1) is 10.8 Å². The Morgan fingerprint density at radius 2 is 2.06 bits per heavy atom. The Morgan fingerprint density at radius 3 is 2.74 bits per heavy atom. The third-order valence-electron chi connectivity index (χ3n) is 4.29. The summed E-state index contributed by atoms with van der Waals surface area (Å²) in [7, 11) is 0. The van der Waals surface area contributed by atoms with E-state index in [1.807, 2.05) is 35.8 Å². The maximum Gasteiger partial charge on any atom is 0.234 e. The predicted octanol–water partition coefficient (Wildman–Crippen LogP) is 5.44. The van der Waals surface area contributed by atoms with Gasteiger partial charge in [-0.15, -0.1) is 16.8 Å². The summed E-state index contributed by atoms with van der Waals surface area (Å²) in [6, 6.07) is 11.5. The van der Waals surface area contributed by atoms with Gasteiger partial charge in [0.25, 0.3) is 0 Å². The second kappa shape index (κ2) is 10.5. The van der Waals surface area contributed by atoms with E-state index >= 15 is 0 Å². The summed E-state index contributed by atoms with van der Waals surface area (Å²) in [5.41, 5.74) is 1.86. The molecule has 1 N–H and O–H groups in total. The summed E-state index contributed by atoms with van der Waals surface area (Å²) in [4.78, 5) is 12.3. The van der Waals surface area contributed by atoms with Crippen molar-refractivity contribution in [2.45, 2.75) is 31.7 Å². The number of anilines is 1. The number of carbonyl (C=O) groups excluding carboxylic acids is 1. The Bertz CT molecular complexity index is 1070. The first kappa shape index (κ1) is 22.8. The van der Waals surface area contributed by atoms with Crippen LogP contribution in [0.1, 0.15) is 24.4 Å². The minimum Gasteiger partial charge on any atom is -0.481 e. The molecule has 0 aliphatic carbocycles. The molecule has 3 rings (SSSR count). The topological polar surface area (TPSA) is 69.0 Å². The van der Waals surface area contributed by atoms with E-state index in [0.29, 0.717) is 23.3 Å². The third kappa shape index (κ3) is 6.08. The molecule has 1 heterocycles. The first-order valence-corrected chi connectivity index (χ1v) is 10.9. The molecule has 1 unspecified atom stereocenters. The number of halogens is 2. The largest absolute Gasteiger partial charge is 0.481 e. The molecule has 0 saturated carbocycles. The van der Waals surface area contributed by atoms with Crippen LogP contribution in [-0.2, 0) is 11.3 Å². The minimum atomic E-state index is -0.508. The summed E-state index contributed by atoms with van der Waals surface area (Å²) < 4.78 is 20.9. The van der Waals surface area contributed by atoms with Gasteiger partial charge in [0.15, 0.2) is 17.1 Å². The number of aromatic nitrogens is 3. The zero-order chi connectivity index (χ0) is 22.4. The number of amides is 1. The van der Waals surface area contributed by atoms with Crippen molar-refractivity contribution in [1.29, 1.82) is 0 Å². The summed E-state index contributed by atoms with van der Waals surface area (Å²) in [6.45, 7) is 7.99. The minimum absolute atomic E-state index is 0.147. The van der Waals surface area contributed by atoms with Crippen LogP contribution in [-0.4, -0.2) is 26.4 Å². The van der Waals surface area contributed by atoms with Gasteiger partial charge in [-0.25, -0.2) is 4.39 Å². The number of hydrogen-bond donors (Lipinski definition) is 1. The summed E-state index contributed by atoms with van der Waals surface area (Å²) >= 11 is 7.32. The highest BCUT2D eigenvalue weighted by Crippen LogP contribution is 2.30. The Kier molecular flexibility index (Phi) is 7.70. The molecule has 0 radical (unpaired) electrons. The molecule has 3 aromatic rings. The quantitative estimate of drug-likeness (QED) is 0.340. The van der Waals surface area contributed by atoms with Gasteiger partial charge in [-0.1, -0.05) is 47.1 Å². The standard InChI is InChI=1S/C22H22ClFN4O2S/c1-4-11-28-21(15(3)30-19-10-7-16(24)12-18(19)23)26-27-22(28)31-13-20(29)25-17-8-5-14(2)6-9-17/h4-10,12,15H,1,11,13H2,2-3H3,(H,25,29). The van der Waals surface area contributed by atoms with Crippen LogP contribution in [0.15, 0.2) is 60.3 Å². The lowest BCUT2D eigenvalue weighted by Gasteiger charge is -2.16. The summed E-state index contributed by atoms with van der Waals surface area (Å²) in [5, 5.41) is 12.0. The molecule has 1 aromatic heterocycles. The number of allylic oxidation sites excluding steroid dienone is 1. The molecule has 9 heteroatoms. The van der Waals surface area contributed by atoms with Crippen molar-refractivity contribution in [3.05, 3.63) is 77.3 Å². The molecule has 0 saturated heterocycles. The average Bonchev–Trinajstić information content (AvgIpc) is 3.13. The lowest BCUT2D eigenvalue weighted by molar-refractivity contribution is -0.113. The average molecular weight is 461 g/mol. The Balaban J connectivity index is 1.68. The molecule has 1 amide bonds.